The van der Waals surface area contributed by atoms with Gasteiger partial charge in [0, 0.05) is 44.1 Å². The van der Waals surface area contributed by atoms with Gasteiger partial charge in [-0.1, -0.05) is 33.3 Å². The zero-order chi connectivity index (χ0) is 14.5. The summed E-state index contributed by atoms with van der Waals surface area (Å²) in [7, 11) is 0. The summed E-state index contributed by atoms with van der Waals surface area (Å²) in [4.78, 5) is 6.98. The van der Waals surface area contributed by atoms with Gasteiger partial charge in [0.2, 0.25) is 0 Å². The Morgan fingerprint density at radius 1 is 1.40 bits per heavy atom. The second-order valence-electron chi connectivity index (χ2n) is 6.51. The van der Waals surface area contributed by atoms with Crippen molar-refractivity contribution in [3.63, 3.8) is 0 Å². The second kappa shape index (κ2) is 7.19. The van der Waals surface area contributed by atoms with Gasteiger partial charge in [0.25, 0.3) is 0 Å². The van der Waals surface area contributed by atoms with Crippen molar-refractivity contribution in [3.8, 4) is 0 Å². The molecule has 20 heavy (non-hydrogen) atoms. The highest BCUT2D eigenvalue weighted by molar-refractivity contribution is 5.16. The summed E-state index contributed by atoms with van der Waals surface area (Å²) in [6, 6.07) is 3.54. The smallest absolute Gasteiger partial charge is 0.0313 e. The molecule has 2 rings (SSSR count). The lowest BCUT2D eigenvalue weighted by atomic mass is 9.96. The van der Waals surface area contributed by atoms with E-state index in [0.717, 1.165) is 19.6 Å². The van der Waals surface area contributed by atoms with E-state index in [1.807, 2.05) is 12.4 Å². The van der Waals surface area contributed by atoms with E-state index in [4.69, 9.17) is 0 Å². The molecule has 2 atom stereocenters. The fourth-order valence-electron chi connectivity index (χ4n) is 3.22. The molecule has 1 aromatic heterocycles. The van der Waals surface area contributed by atoms with Crippen molar-refractivity contribution >= 4 is 0 Å². The lowest BCUT2D eigenvalue weighted by Gasteiger charge is -2.42. The Morgan fingerprint density at radius 2 is 2.20 bits per heavy atom. The van der Waals surface area contributed by atoms with Crippen LogP contribution in [0.1, 0.15) is 44.7 Å². The van der Waals surface area contributed by atoms with Crippen LogP contribution in [-0.2, 0) is 6.54 Å². The van der Waals surface area contributed by atoms with Crippen molar-refractivity contribution in [1.82, 2.24) is 15.2 Å². The van der Waals surface area contributed by atoms with Crippen LogP contribution in [0.4, 0.5) is 0 Å². The third kappa shape index (κ3) is 4.03. The number of nitrogens with one attached hydrogen (secondary N) is 1. The number of aromatic nitrogens is 1. The van der Waals surface area contributed by atoms with E-state index in [2.05, 4.69) is 49.0 Å². The lowest BCUT2D eigenvalue weighted by Crippen LogP contribution is -2.57. The van der Waals surface area contributed by atoms with Gasteiger partial charge >= 0.3 is 0 Å². The fourth-order valence-corrected chi connectivity index (χ4v) is 3.22. The Labute approximate surface area is 123 Å². The molecule has 0 aromatic carbocycles. The van der Waals surface area contributed by atoms with Gasteiger partial charge in [0.1, 0.15) is 0 Å². The largest absolute Gasteiger partial charge is 0.311 e. The topological polar surface area (TPSA) is 28.2 Å². The molecule has 2 heterocycles. The molecule has 1 aromatic rings. The van der Waals surface area contributed by atoms with Crippen molar-refractivity contribution < 1.29 is 0 Å². The molecule has 0 aliphatic carbocycles. The molecular weight excluding hydrogens is 246 g/mol. The predicted molar refractivity (Wildman–Crippen MR) is 84.7 cm³/mol. The van der Waals surface area contributed by atoms with Gasteiger partial charge in [-0.3, -0.25) is 9.88 Å². The third-order valence-electron chi connectivity index (χ3n) is 4.26. The minimum absolute atomic E-state index is 0.628. The number of rotatable bonds is 5. The zero-order valence-corrected chi connectivity index (χ0v) is 13.4. The van der Waals surface area contributed by atoms with Crippen molar-refractivity contribution in [2.75, 3.05) is 13.1 Å². The van der Waals surface area contributed by atoms with Crippen molar-refractivity contribution in [2.45, 2.75) is 59.2 Å². The van der Waals surface area contributed by atoms with Gasteiger partial charge < -0.3 is 5.32 Å². The Hall–Kier alpha value is -0.930. The van der Waals surface area contributed by atoms with Crippen LogP contribution >= 0.6 is 0 Å². The van der Waals surface area contributed by atoms with E-state index in [1.54, 1.807) is 0 Å². The molecule has 1 aliphatic rings. The van der Waals surface area contributed by atoms with Crippen LogP contribution in [0.25, 0.3) is 0 Å². The minimum Gasteiger partial charge on any atom is -0.311 e. The van der Waals surface area contributed by atoms with Crippen LogP contribution in [0.15, 0.2) is 18.5 Å². The number of hydrogen-bond acceptors (Lipinski definition) is 3. The maximum atomic E-state index is 4.33. The second-order valence-corrected chi connectivity index (χ2v) is 6.51. The van der Waals surface area contributed by atoms with E-state index in [-0.39, 0.29) is 0 Å². The molecule has 2 unspecified atom stereocenters. The van der Waals surface area contributed by atoms with Gasteiger partial charge in [0.15, 0.2) is 0 Å². The van der Waals surface area contributed by atoms with Crippen molar-refractivity contribution in [2.24, 2.45) is 5.92 Å². The van der Waals surface area contributed by atoms with Gasteiger partial charge in [-0.25, -0.2) is 0 Å². The average Bonchev–Trinajstić information content (AvgIpc) is 2.39. The monoisotopic (exact) mass is 275 g/mol. The molecular formula is C17H29N3. The summed E-state index contributed by atoms with van der Waals surface area (Å²) in [5, 5.41) is 3.72. The number of piperazine rings is 1. The number of aryl methyl sites for hydroxylation is 1. The Kier molecular flexibility index (Phi) is 5.55. The standard InChI is InChI=1S/C17H29N3/c1-5-6-16-12-20(17(10-19-16)13(2)3)11-15-7-14(4)8-18-9-15/h7-9,13,16-17,19H,5-6,10-12H2,1-4H3. The first kappa shape index (κ1) is 15.5. The van der Waals surface area contributed by atoms with E-state index in [9.17, 15) is 0 Å². The molecule has 0 radical (unpaired) electrons. The average molecular weight is 275 g/mol. The molecule has 1 N–H and O–H groups in total. The highest BCUT2D eigenvalue weighted by atomic mass is 15.2. The molecule has 3 nitrogen and oxygen atoms in total. The summed E-state index contributed by atoms with van der Waals surface area (Å²) >= 11 is 0. The molecule has 1 saturated heterocycles. The number of nitrogens with zero attached hydrogens (tertiary/aromatic N) is 2. The zero-order valence-electron chi connectivity index (χ0n) is 13.4. The maximum absolute atomic E-state index is 4.33. The molecule has 0 saturated carbocycles. The summed E-state index contributed by atoms with van der Waals surface area (Å²) in [6.45, 7) is 12.3. The summed E-state index contributed by atoms with van der Waals surface area (Å²) in [5.74, 6) is 0.683. The SMILES string of the molecule is CCCC1CN(Cc2cncc(C)c2)C(C(C)C)CN1. The van der Waals surface area contributed by atoms with E-state index in [0.29, 0.717) is 18.0 Å². The summed E-state index contributed by atoms with van der Waals surface area (Å²) in [6.07, 6.45) is 6.47. The van der Waals surface area contributed by atoms with Crippen LogP contribution in [0, 0.1) is 12.8 Å². The first-order chi connectivity index (χ1) is 9.60. The molecule has 112 valence electrons. The first-order valence-electron chi connectivity index (χ1n) is 7.98. The van der Waals surface area contributed by atoms with Crippen LogP contribution in [-0.4, -0.2) is 35.1 Å². The van der Waals surface area contributed by atoms with Gasteiger partial charge in [-0.2, -0.15) is 0 Å². The Bertz CT molecular complexity index is 416. The molecule has 0 spiro atoms. The van der Waals surface area contributed by atoms with E-state index in [1.165, 1.54) is 24.0 Å². The third-order valence-corrected chi connectivity index (χ3v) is 4.26. The maximum Gasteiger partial charge on any atom is 0.0313 e. The molecule has 1 fully saturated rings. The van der Waals surface area contributed by atoms with Crippen LogP contribution in [0.5, 0.6) is 0 Å². The summed E-state index contributed by atoms with van der Waals surface area (Å²) < 4.78 is 0. The minimum atomic E-state index is 0.628. The summed E-state index contributed by atoms with van der Waals surface area (Å²) in [5.41, 5.74) is 2.59. The van der Waals surface area contributed by atoms with Crippen molar-refractivity contribution in [3.05, 3.63) is 29.6 Å². The highest BCUT2D eigenvalue weighted by Crippen LogP contribution is 2.19. The molecule has 1 aliphatic heterocycles. The van der Waals surface area contributed by atoms with Crippen molar-refractivity contribution in [1.29, 1.82) is 0 Å². The highest BCUT2D eigenvalue weighted by Gasteiger charge is 2.29. The van der Waals surface area contributed by atoms with E-state index < -0.39 is 0 Å². The lowest BCUT2D eigenvalue weighted by molar-refractivity contribution is 0.0884. The number of hydrogen-bond donors (Lipinski definition) is 1. The number of pyridine rings is 1. The van der Waals surface area contributed by atoms with Crippen LogP contribution in [0.2, 0.25) is 0 Å². The quantitative estimate of drug-likeness (QED) is 0.895. The molecule has 0 bridgehead atoms. The fraction of sp³-hybridized carbons (Fsp3) is 0.706. The van der Waals surface area contributed by atoms with Crippen LogP contribution < -0.4 is 5.32 Å². The normalized spacial score (nSPS) is 24.2. The molecule has 0 amide bonds. The Balaban J connectivity index is 2.06. The van der Waals surface area contributed by atoms with Gasteiger partial charge in [-0.15, -0.1) is 0 Å². The van der Waals surface area contributed by atoms with Gasteiger partial charge in [-0.05, 0) is 30.4 Å². The molecule has 3 heteroatoms. The van der Waals surface area contributed by atoms with Gasteiger partial charge in [0.05, 0.1) is 0 Å². The van der Waals surface area contributed by atoms with E-state index >= 15 is 0 Å². The first-order valence-corrected chi connectivity index (χ1v) is 7.98. The predicted octanol–water partition coefficient (Wildman–Crippen LogP) is 2.99. The van der Waals surface area contributed by atoms with Crippen LogP contribution in [0.3, 0.4) is 0 Å². The Morgan fingerprint density at radius 3 is 2.85 bits per heavy atom.